The van der Waals surface area contributed by atoms with Crippen molar-refractivity contribution in [1.29, 1.82) is 0 Å². The molecule has 0 amide bonds. The summed E-state index contributed by atoms with van der Waals surface area (Å²) in [5, 5.41) is 14.6. The van der Waals surface area contributed by atoms with E-state index in [2.05, 4.69) is 42.4 Å². The van der Waals surface area contributed by atoms with Crippen LogP contribution in [0, 0.1) is 18.8 Å². The lowest BCUT2D eigenvalue weighted by atomic mass is 10.1. The van der Waals surface area contributed by atoms with Gasteiger partial charge in [-0.25, -0.2) is 4.98 Å². The zero-order valence-electron chi connectivity index (χ0n) is 18.9. The molecule has 0 aliphatic carbocycles. The van der Waals surface area contributed by atoms with Gasteiger partial charge in [-0.2, -0.15) is 10.1 Å². The van der Waals surface area contributed by atoms with E-state index in [9.17, 15) is 0 Å². The highest BCUT2D eigenvalue weighted by atomic mass is 16.5. The number of nitrogens with zero attached hydrogens (tertiary/aromatic N) is 6. The quantitative estimate of drug-likeness (QED) is 0.419. The maximum atomic E-state index is 5.73. The standard InChI is InChI=1S/C24H24N8O2/c1-16-13-23(30-29-16)27-22-14-17(7-6-12-33-2)26-24(28-22)32-11-5-9-20(32)21-15-19(31-34-21)18-8-3-4-10-25-18/h3-4,8,10,13-15,20H,5,9,11-12H2,1-2H3,(H2,26,27,28,29,30). The van der Waals surface area contributed by atoms with Crippen LogP contribution >= 0.6 is 0 Å². The summed E-state index contributed by atoms with van der Waals surface area (Å²) in [6, 6.07) is 11.3. The minimum absolute atomic E-state index is 0.0346. The van der Waals surface area contributed by atoms with Gasteiger partial charge in [0.25, 0.3) is 0 Å². The Labute approximate surface area is 196 Å². The fraction of sp³-hybridized carbons (Fsp3) is 0.292. The second kappa shape index (κ2) is 9.72. The smallest absolute Gasteiger partial charge is 0.229 e. The Morgan fingerprint density at radius 1 is 1.21 bits per heavy atom. The van der Waals surface area contributed by atoms with Crippen LogP contribution in [-0.4, -0.2) is 50.6 Å². The summed E-state index contributed by atoms with van der Waals surface area (Å²) >= 11 is 0. The summed E-state index contributed by atoms with van der Waals surface area (Å²) in [4.78, 5) is 16.0. The van der Waals surface area contributed by atoms with E-state index in [-0.39, 0.29) is 6.04 Å². The Kier molecular flexibility index (Phi) is 6.18. The Hall–Kier alpha value is -4.23. The molecule has 4 aromatic rings. The molecule has 0 saturated carbocycles. The highest BCUT2D eigenvalue weighted by molar-refractivity contribution is 5.57. The van der Waals surface area contributed by atoms with Crippen LogP contribution in [0.2, 0.25) is 0 Å². The number of ether oxygens (including phenoxy) is 1. The van der Waals surface area contributed by atoms with Crippen LogP contribution in [0.15, 0.2) is 47.1 Å². The van der Waals surface area contributed by atoms with E-state index in [1.807, 2.05) is 37.3 Å². The predicted octanol–water partition coefficient (Wildman–Crippen LogP) is 3.64. The minimum Gasteiger partial charge on any atom is -0.372 e. The second-order valence-corrected chi connectivity index (χ2v) is 7.92. The van der Waals surface area contributed by atoms with Crippen LogP contribution in [0.25, 0.3) is 11.4 Å². The van der Waals surface area contributed by atoms with Crippen LogP contribution in [-0.2, 0) is 4.74 Å². The third-order valence-electron chi connectivity index (χ3n) is 5.40. The molecule has 1 saturated heterocycles. The third-order valence-corrected chi connectivity index (χ3v) is 5.40. The van der Waals surface area contributed by atoms with Crippen LogP contribution in [0.1, 0.15) is 36.0 Å². The predicted molar refractivity (Wildman–Crippen MR) is 126 cm³/mol. The number of hydrogen-bond acceptors (Lipinski definition) is 9. The Morgan fingerprint density at radius 2 is 2.15 bits per heavy atom. The fourth-order valence-electron chi connectivity index (χ4n) is 3.89. The van der Waals surface area contributed by atoms with Gasteiger partial charge >= 0.3 is 0 Å². The number of hydrogen-bond donors (Lipinski definition) is 2. The number of anilines is 3. The molecule has 1 atom stereocenters. The van der Waals surface area contributed by atoms with Crippen molar-refractivity contribution in [2.45, 2.75) is 25.8 Å². The van der Waals surface area contributed by atoms with Crippen LogP contribution in [0.4, 0.5) is 17.6 Å². The number of rotatable bonds is 6. The molecule has 1 aliphatic heterocycles. The number of H-pyrrole nitrogens is 1. The van der Waals surface area contributed by atoms with Gasteiger partial charge in [0.05, 0.1) is 11.7 Å². The molecule has 0 spiro atoms. The molecule has 10 nitrogen and oxygen atoms in total. The van der Waals surface area contributed by atoms with Gasteiger partial charge in [-0.15, -0.1) is 0 Å². The Morgan fingerprint density at radius 3 is 2.94 bits per heavy atom. The third kappa shape index (κ3) is 4.74. The largest absolute Gasteiger partial charge is 0.372 e. The average Bonchev–Trinajstić information content (AvgIpc) is 3.60. The molecule has 0 radical (unpaired) electrons. The Balaban J connectivity index is 1.46. The monoisotopic (exact) mass is 456 g/mol. The molecule has 1 aliphatic rings. The highest BCUT2D eigenvalue weighted by Crippen LogP contribution is 2.36. The van der Waals surface area contributed by atoms with E-state index in [0.717, 1.165) is 36.5 Å². The van der Waals surface area contributed by atoms with Crippen molar-refractivity contribution < 1.29 is 9.26 Å². The van der Waals surface area contributed by atoms with Gasteiger partial charge in [-0.3, -0.25) is 10.1 Å². The van der Waals surface area contributed by atoms with Crippen molar-refractivity contribution in [3.63, 3.8) is 0 Å². The summed E-state index contributed by atoms with van der Waals surface area (Å²) in [5.74, 6) is 8.62. The minimum atomic E-state index is -0.0346. The van der Waals surface area contributed by atoms with Gasteiger partial charge in [0.15, 0.2) is 11.6 Å². The molecule has 5 heterocycles. The molecule has 5 rings (SSSR count). The number of aryl methyl sites for hydroxylation is 1. The topological polar surface area (TPSA) is 118 Å². The molecular weight excluding hydrogens is 432 g/mol. The van der Waals surface area contributed by atoms with E-state index in [0.29, 0.717) is 35.6 Å². The maximum absolute atomic E-state index is 5.73. The normalized spacial score (nSPS) is 15.2. The van der Waals surface area contributed by atoms with Crippen molar-refractivity contribution in [2.24, 2.45) is 0 Å². The zero-order chi connectivity index (χ0) is 23.3. The summed E-state index contributed by atoms with van der Waals surface area (Å²) in [5.41, 5.74) is 3.02. The van der Waals surface area contributed by atoms with E-state index < -0.39 is 0 Å². The molecule has 1 fully saturated rings. The van der Waals surface area contributed by atoms with Crippen molar-refractivity contribution in [3.05, 3.63) is 59.7 Å². The number of aromatic nitrogens is 6. The van der Waals surface area contributed by atoms with Crippen molar-refractivity contribution in [3.8, 4) is 23.2 Å². The lowest BCUT2D eigenvalue weighted by Gasteiger charge is -2.23. The summed E-state index contributed by atoms with van der Waals surface area (Å²) in [6.45, 7) is 3.05. The van der Waals surface area contributed by atoms with Gasteiger partial charge < -0.3 is 19.5 Å². The molecule has 34 heavy (non-hydrogen) atoms. The first kappa shape index (κ1) is 21.6. The molecular formula is C24H24N8O2. The summed E-state index contributed by atoms with van der Waals surface area (Å²) in [6.07, 6.45) is 3.63. The van der Waals surface area contributed by atoms with Crippen LogP contribution < -0.4 is 10.2 Å². The van der Waals surface area contributed by atoms with E-state index in [1.54, 1.807) is 19.4 Å². The first-order valence-electron chi connectivity index (χ1n) is 11.0. The van der Waals surface area contributed by atoms with Crippen LogP contribution in [0.5, 0.6) is 0 Å². The van der Waals surface area contributed by atoms with E-state index >= 15 is 0 Å². The SMILES string of the molecule is COCC#Cc1cc(Nc2cc(C)[nH]n2)nc(N2CCCC2c2cc(-c3ccccn3)no2)n1. The molecule has 2 N–H and O–H groups in total. The lowest BCUT2D eigenvalue weighted by molar-refractivity contribution is 0.240. The highest BCUT2D eigenvalue weighted by Gasteiger charge is 2.32. The van der Waals surface area contributed by atoms with Crippen molar-refractivity contribution in [1.82, 2.24) is 30.3 Å². The van der Waals surface area contributed by atoms with E-state index in [4.69, 9.17) is 19.2 Å². The Bertz CT molecular complexity index is 1320. The van der Waals surface area contributed by atoms with Gasteiger partial charge in [0, 0.05) is 43.7 Å². The van der Waals surface area contributed by atoms with E-state index in [1.165, 1.54) is 0 Å². The van der Waals surface area contributed by atoms with Crippen molar-refractivity contribution >= 4 is 17.6 Å². The number of aromatic amines is 1. The van der Waals surface area contributed by atoms with Gasteiger partial charge in [0.1, 0.15) is 23.8 Å². The second-order valence-electron chi connectivity index (χ2n) is 7.92. The number of methoxy groups -OCH3 is 1. The molecule has 0 aromatic carbocycles. The van der Waals surface area contributed by atoms with Gasteiger partial charge in [-0.05, 0) is 37.8 Å². The lowest BCUT2D eigenvalue weighted by Crippen LogP contribution is -2.25. The first-order valence-corrected chi connectivity index (χ1v) is 11.0. The molecule has 172 valence electrons. The average molecular weight is 457 g/mol. The molecule has 10 heteroatoms. The van der Waals surface area contributed by atoms with Crippen molar-refractivity contribution in [2.75, 3.05) is 30.5 Å². The molecule has 0 bridgehead atoms. The molecule has 1 unspecified atom stereocenters. The number of nitrogens with one attached hydrogen (secondary N) is 2. The first-order chi connectivity index (χ1) is 16.7. The van der Waals surface area contributed by atoms with Crippen LogP contribution in [0.3, 0.4) is 0 Å². The zero-order valence-corrected chi connectivity index (χ0v) is 18.9. The number of pyridine rings is 1. The summed E-state index contributed by atoms with van der Waals surface area (Å²) < 4.78 is 10.8. The summed E-state index contributed by atoms with van der Waals surface area (Å²) in [7, 11) is 1.61. The van der Waals surface area contributed by atoms with Gasteiger partial charge in [-0.1, -0.05) is 17.1 Å². The fourth-order valence-corrected chi connectivity index (χ4v) is 3.89. The molecule has 4 aromatic heterocycles. The van der Waals surface area contributed by atoms with Gasteiger partial charge in [0.2, 0.25) is 5.95 Å². The maximum Gasteiger partial charge on any atom is 0.229 e.